The molecule has 0 atom stereocenters. The molecule has 52 valence electrons. The summed E-state index contributed by atoms with van der Waals surface area (Å²) in [6.45, 7) is 2.23. The van der Waals surface area contributed by atoms with E-state index >= 15 is 0 Å². The van der Waals surface area contributed by atoms with Crippen molar-refractivity contribution >= 4 is 0 Å². The highest BCUT2D eigenvalue weighted by Crippen LogP contribution is 2.28. The fraction of sp³-hybridized carbons (Fsp3) is 0.400. The maximum Gasteiger partial charge on any atom is -0.00200 e. The number of fused-ring (bicyclic) bond motifs is 1. The minimum absolute atomic E-state index is 1.24. The number of hydrogen-bond acceptors (Lipinski definition) is 0. The molecule has 0 saturated carbocycles. The van der Waals surface area contributed by atoms with Crippen LogP contribution in [0.4, 0.5) is 0 Å². The monoisotopic (exact) mass is 132 g/mol. The second-order valence-electron chi connectivity index (χ2n) is 3.03. The minimum atomic E-state index is 1.24. The van der Waals surface area contributed by atoms with Crippen LogP contribution in [-0.2, 0) is 12.8 Å². The molecule has 0 aliphatic heterocycles. The minimum Gasteiger partial charge on any atom is -0.0651 e. The van der Waals surface area contributed by atoms with Gasteiger partial charge in [-0.2, -0.15) is 0 Å². The Morgan fingerprint density at radius 2 is 2.20 bits per heavy atom. The van der Waals surface area contributed by atoms with Gasteiger partial charge in [-0.3, -0.25) is 0 Å². The van der Waals surface area contributed by atoms with Gasteiger partial charge >= 0.3 is 0 Å². The number of hydrogen-bond donors (Lipinski definition) is 0. The molecule has 0 saturated heterocycles. The van der Waals surface area contributed by atoms with E-state index in [-0.39, 0.29) is 0 Å². The van der Waals surface area contributed by atoms with Crippen LogP contribution in [0.2, 0.25) is 0 Å². The Kier molecular flexibility index (Phi) is 1.26. The summed E-state index contributed by atoms with van der Waals surface area (Å²) < 4.78 is 0. The highest BCUT2D eigenvalue weighted by molar-refractivity contribution is 5.47. The summed E-state index contributed by atoms with van der Waals surface area (Å²) in [5.74, 6) is 0. The van der Waals surface area contributed by atoms with Gasteiger partial charge in [0.05, 0.1) is 0 Å². The van der Waals surface area contributed by atoms with Crippen LogP contribution in [0.25, 0.3) is 0 Å². The molecule has 0 N–H and O–H groups in total. The Labute approximate surface area is 61.9 Å². The van der Waals surface area contributed by atoms with Crippen LogP contribution in [-0.4, -0.2) is 0 Å². The van der Waals surface area contributed by atoms with E-state index < -0.39 is 0 Å². The zero-order valence-corrected chi connectivity index (χ0v) is 6.35. The average molecular weight is 132 g/mol. The third-order valence-electron chi connectivity index (χ3n) is 2.07. The van der Waals surface area contributed by atoms with Crippen molar-refractivity contribution in [2.75, 3.05) is 0 Å². The lowest BCUT2D eigenvalue weighted by Crippen LogP contribution is -1.79. The molecule has 0 bridgehead atoms. The number of aryl methyl sites for hydroxylation is 1. The van der Waals surface area contributed by atoms with Gasteiger partial charge in [-0.15, -0.1) is 0 Å². The summed E-state index contributed by atoms with van der Waals surface area (Å²) in [5, 5.41) is 0. The first-order valence-corrected chi connectivity index (χ1v) is 4.01. The molecule has 2 rings (SSSR count). The number of benzene rings is 1. The second-order valence-corrected chi connectivity index (χ2v) is 3.03. The molecule has 0 aromatic heterocycles. The lowest BCUT2D eigenvalue weighted by molar-refractivity contribution is 0.922. The van der Waals surface area contributed by atoms with Gasteiger partial charge in [-0.05, 0) is 29.5 Å². The van der Waals surface area contributed by atoms with Crippen LogP contribution in [0, 0.1) is 0 Å². The highest BCUT2D eigenvalue weighted by atomic mass is 14.2. The van der Waals surface area contributed by atoms with Crippen LogP contribution >= 0.6 is 0 Å². The Balaban J connectivity index is 2.22. The quantitative estimate of drug-likeness (QED) is 0.589. The van der Waals surface area contributed by atoms with Gasteiger partial charge in [0.15, 0.2) is 0 Å². The van der Waals surface area contributed by atoms with Crippen molar-refractivity contribution < 1.29 is 0 Å². The van der Waals surface area contributed by atoms with Crippen molar-refractivity contribution in [3.05, 3.63) is 34.9 Å². The van der Waals surface area contributed by atoms with E-state index in [0.29, 0.717) is 0 Å². The predicted molar refractivity (Wildman–Crippen MR) is 43.2 cm³/mol. The van der Waals surface area contributed by atoms with Crippen molar-refractivity contribution in [1.29, 1.82) is 0 Å². The number of rotatable bonds is 2. The van der Waals surface area contributed by atoms with Gasteiger partial charge in [0, 0.05) is 0 Å². The van der Waals surface area contributed by atoms with Crippen LogP contribution < -0.4 is 0 Å². The molecule has 0 nitrogen and oxygen atoms in total. The Bertz CT molecular complexity index is 248. The fourth-order valence-corrected chi connectivity index (χ4v) is 1.39. The summed E-state index contributed by atoms with van der Waals surface area (Å²) in [7, 11) is 0. The molecule has 1 aromatic rings. The fourth-order valence-electron chi connectivity index (χ4n) is 1.39. The van der Waals surface area contributed by atoms with E-state index in [1.807, 2.05) is 0 Å². The van der Waals surface area contributed by atoms with Crippen molar-refractivity contribution in [2.24, 2.45) is 0 Å². The molecule has 0 spiro atoms. The molecular formula is C10H12. The van der Waals surface area contributed by atoms with Gasteiger partial charge in [0.2, 0.25) is 0 Å². The Morgan fingerprint density at radius 3 is 2.90 bits per heavy atom. The van der Waals surface area contributed by atoms with Crippen LogP contribution in [0.1, 0.15) is 30.0 Å². The van der Waals surface area contributed by atoms with E-state index in [1.54, 1.807) is 11.1 Å². The summed E-state index contributed by atoms with van der Waals surface area (Å²) in [5.41, 5.74) is 4.64. The highest BCUT2D eigenvalue weighted by Gasteiger charge is 2.15. The van der Waals surface area contributed by atoms with E-state index in [4.69, 9.17) is 0 Å². The van der Waals surface area contributed by atoms with Crippen molar-refractivity contribution in [1.82, 2.24) is 0 Å². The third-order valence-corrected chi connectivity index (χ3v) is 2.07. The molecule has 0 unspecified atom stereocenters. The summed E-state index contributed by atoms with van der Waals surface area (Å²) in [4.78, 5) is 0. The van der Waals surface area contributed by atoms with Gasteiger partial charge in [0.25, 0.3) is 0 Å². The van der Waals surface area contributed by atoms with Crippen LogP contribution in [0.15, 0.2) is 18.2 Å². The van der Waals surface area contributed by atoms with Crippen LogP contribution in [0.5, 0.6) is 0 Å². The van der Waals surface area contributed by atoms with E-state index in [1.165, 1.54) is 24.8 Å². The second kappa shape index (κ2) is 2.12. The molecule has 0 amide bonds. The SMILES string of the molecule is CCCc1ccc2c(c1)C2. The van der Waals surface area contributed by atoms with Crippen LogP contribution in [0.3, 0.4) is 0 Å². The molecule has 0 heterocycles. The zero-order chi connectivity index (χ0) is 6.97. The molecule has 0 radical (unpaired) electrons. The van der Waals surface area contributed by atoms with E-state index in [2.05, 4.69) is 25.1 Å². The lowest BCUT2D eigenvalue weighted by Gasteiger charge is -1.93. The zero-order valence-electron chi connectivity index (χ0n) is 6.35. The Morgan fingerprint density at radius 1 is 1.30 bits per heavy atom. The van der Waals surface area contributed by atoms with Gasteiger partial charge in [0.1, 0.15) is 0 Å². The topological polar surface area (TPSA) is 0 Å². The Hall–Kier alpha value is -0.780. The first-order valence-electron chi connectivity index (χ1n) is 4.01. The predicted octanol–water partition coefficient (Wildman–Crippen LogP) is 2.54. The third kappa shape index (κ3) is 0.942. The molecule has 0 heteroatoms. The summed E-state index contributed by atoms with van der Waals surface area (Å²) in [6, 6.07) is 6.87. The summed E-state index contributed by atoms with van der Waals surface area (Å²) in [6.07, 6.45) is 3.76. The van der Waals surface area contributed by atoms with Crippen molar-refractivity contribution in [3.63, 3.8) is 0 Å². The molecule has 1 aliphatic carbocycles. The summed E-state index contributed by atoms with van der Waals surface area (Å²) >= 11 is 0. The molecule has 10 heavy (non-hydrogen) atoms. The van der Waals surface area contributed by atoms with Gasteiger partial charge < -0.3 is 0 Å². The van der Waals surface area contributed by atoms with Gasteiger partial charge in [-0.1, -0.05) is 31.5 Å². The average Bonchev–Trinajstić information content (AvgIpc) is 2.66. The maximum absolute atomic E-state index is 2.35. The first-order chi connectivity index (χ1) is 4.90. The van der Waals surface area contributed by atoms with Crippen molar-refractivity contribution in [2.45, 2.75) is 26.2 Å². The van der Waals surface area contributed by atoms with E-state index in [0.717, 1.165) is 0 Å². The van der Waals surface area contributed by atoms with E-state index in [9.17, 15) is 0 Å². The molecule has 1 aliphatic rings. The molecular weight excluding hydrogens is 120 g/mol. The first kappa shape index (κ1) is 5.96. The maximum atomic E-state index is 2.35. The molecule has 0 fully saturated rings. The standard InChI is InChI=1S/C10H12/c1-2-3-8-4-5-9-7-10(9)6-8/h4-6H,2-3,7H2,1H3. The smallest absolute Gasteiger partial charge is 0.00200 e. The normalized spacial score (nSPS) is 12.9. The van der Waals surface area contributed by atoms with Gasteiger partial charge in [-0.25, -0.2) is 0 Å². The molecule has 1 aromatic carbocycles. The largest absolute Gasteiger partial charge is 0.0651 e. The lowest BCUT2D eigenvalue weighted by atomic mass is 10.1. The van der Waals surface area contributed by atoms with Crippen molar-refractivity contribution in [3.8, 4) is 0 Å².